The minimum absolute atomic E-state index is 0.0268. The molecule has 1 aromatic carbocycles. The van der Waals surface area contributed by atoms with Gasteiger partial charge in [0, 0.05) is 92.8 Å². The first-order valence-electron chi connectivity index (χ1n) is 40.6. The van der Waals surface area contributed by atoms with Crippen molar-refractivity contribution < 1.29 is 96.7 Å². The van der Waals surface area contributed by atoms with Crippen molar-refractivity contribution in [3.63, 3.8) is 0 Å². The summed E-state index contributed by atoms with van der Waals surface area (Å²) in [6.07, 6.45) is 14.3. The molecule has 8 rings (SSSR count). The fraction of sp³-hybridized carbons (Fsp3) is 0.725. The average molecular weight is 1660 g/mol. The van der Waals surface area contributed by atoms with Gasteiger partial charge >= 0.3 is 36.2 Å². The predicted molar refractivity (Wildman–Crippen MR) is 431 cm³/mol. The van der Waals surface area contributed by atoms with Crippen LogP contribution in [-0.4, -0.2) is 228 Å². The molecule has 0 radical (unpaired) electrons. The van der Waals surface area contributed by atoms with Crippen LogP contribution in [0.2, 0.25) is 5.02 Å². The van der Waals surface area contributed by atoms with E-state index in [2.05, 4.69) is 36.6 Å². The van der Waals surface area contributed by atoms with Crippen LogP contribution < -0.4 is 55.3 Å². The first-order chi connectivity index (χ1) is 54.3. The molecule has 0 spiro atoms. The molecule has 0 bridgehead atoms. The number of rotatable bonds is 31. The molecule has 6 saturated heterocycles. The zero-order valence-corrected chi connectivity index (χ0v) is 69.9. The summed E-state index contributed by atoms with van der Waals surface area (Å²) in [5.41, 5.74) is 26.3. The number of carbonyl (C=O) groups excluding carboxylic acids is 11. The number of benzene rings is 1. The molecule has 1 aliphatic carbocycles. The third-order valence-corrected chi connectivity index (χ3v) is 21.5. The monoisotopic (exact) mass is 1650 g/mol. The molecule has 1 saturated carbocycles. The Morgan fingerprint density at radius 2 is 1.03 bits per heavy atom. The second kappa shape index (κ2) is 45.9. The van der Waals surface area contributed by atoms with Crippen LogP contribution in [0.1, 0.15) is 242 Å². The van der Waals surface area contributed by atoms with Crippen molar-refractivity contribution in [3.05, 3.63) is 34.9 Å². The molecule has 116 heavy (non-hydrogen) atoms. The highest BCUT2D eigenvalue weighted by atomic mass is 35.5. The second-order valence-electron chi connectivity index (χ2n) is 34.3. The number of Topliss-reactive ketones (excluding diaryl/α,β-unsaturated/α-hetero) is 3. The molecule has 6 aliphatic heterocycles. The standard InChI is InChI=1S/C37H58ClN9O6.C15H24N2O5.C14H22N2O5.C14H24N2O4/c1-23(48)47-31(10-6-16-45-37(42)43)33(51)21-28(18-24-7-3-2-4-8-24)35(53)46-22-30(49)19-26(9-5-15-44-36(40)41)32(50)20-27(34(39)52)17-25-11-13-29(38)14-12-25;1-15(2,3)22-14(21)16-10-8-7-9-5-4-6-11(13(19)20)17(9)12(10)18;1-14(2,3)21-13(20)15-9-7-8-5-4-6-10(12(18)19)16(8)11(9)17;1-14(2,3)20-13(19)15-9-4-5-10-6-7-11(12(17)18)16(10)8-9/h11-14,24,26-28,31H,2-10,15-22H2,1H3,(H2,39,52)(H,46,53)(H,47,48)(H4,40,41,44)(H4,42,43,45);9-11H,4-8H2,1-3H3,(H,16,21)(H,19,20);8-10H,4-7H2,1-3H3,(H,15,20)(H,18,19);9-11H,4-8H2,1-3H3,(H,15,19)(H,17,18)/t26-,27-,28-,31?;9-,10+,11+;8-,9+,10+;9-,10-,11-/m0110/s1. The summed E-state index contributed by atoms with van der Waals surface area (Å²) in [6, 6.07) is 2.90. The fourth-order valence-corrected chi connectivity index (χ4v) is 16.2. The van der Waals surface area contributed by atoms with Gasteiger partial charge < -0.3 is 94.6 Å². The number of nitrogens with zero attached hydrogens (tertiary/aromatic N) is 5. The number of carbonyl (C=O) groups is 14. The summed E-state index contributed by atoms with van der Waals surface area (Å²) in [5, 5.41) is 41.7. The smallest absolute Gasteiger partial charge is 0.408 e. The van der Waals surface area contributed by atoms with Crippen molar-refractivity contribution in [2.45, 2.75) is 320 Å². The van der Waals surface area contributed by atoms with Gasteiger partial charge in [0.25, 0.3) is 0 Å². The van der Waals surface area contributed by atoms with Crippen molar-refractivity contribution in [1.29, 1.82) is 0 Å². The largest absolute Gasteiger partial charge is 0.480 e. The number of ether oxygens (including phenoxy) is 3. The molecule has 18 N–H and O–H groups in total. The van der Waals surface area contributed by atoms with Crippen LogP contribution in [0.3, 0.4) is 0 Å². The Kier molecular flexibility index (Phi) is 38.5. The van der Waals surface area contributed by atoms with E-state index in [0.29, 0.717) is 81.8 Å². The number of amides is 8. The van der Waals surface area contributed by atoms with Crippen molar-refractivity contribution in [3.8, 4) is 0 Å². The van der Waals surface area contributed by atoms with Gasteiger partial charge in [0.1, 0.15) is 52.8 Å². The SMILES string of the molecule is CC(=O)NC(CCCN=C(N)N)C(=O)C[C@H](CC1CCCCC1)C(=O)NCC(=O)C[C@H](CCCN=C(N)N)C(=O)C[C@H](Cc1ccc(Cl)cc1)C(N)=O.CC(C)(C)OC(=O)N[C@H]1CC[C@H]2CCC[C@@H](C(=O)O)N2C1=O.CC(C)(C)OC(=O)N[C@H]1CC[C@H]2CC[C@@H](C(=O)O)N2C1.CC(C)(C)OC(=O)N[C@H]1C[C@H]2CCC[C@@H](C(=O)O)N2C1=O. The van der Waals surface area contributed by atoms with Gasteiger partial charge in [-0.3, -0.25) is 58.0 Å². The van der Waals surface area contributed by atoms with Gasteiger partial charge in [0.05, 0.1) is 12.6 Å². The van der Waals surface area contributed by atoms with E-state index in [4.69, 9.17) is 54.5 Å². The van der Waals surface area contributed by atoms with Gasteiger partial charge in [-0.1, -0.05) is 55.8 Å². The van der Waals surface area contributed by atoms with Crippen molar-refractivity contribution in [2.24, 2.45) is 62.3 Å². The quantitative estimate of drug-likeness (QED) is 0.0175. The highest BCUT2D eigenvalue weighted by Crippen LogP contribution is 2.36. The zero-order chi connectivity index (χ0) is 86.5. The number of ketones is 3. The Bertz CT molecular complexity index is 3610. The lowest BCUT2D eigenvalue weighted by atomic mass is 9.80. The number of nitrogens with two attached hydrogens (primary N) is 5. The minimum Gasteiger partial charge on any atom is -0.480 e. The molecule has 650 valence electrons. The van der Waals surface area contributed by atoms with Crippen LogP contribution in [0.15, 0.2) is 34.3 Å². The number of primary amides is 1. The van der Waals surface area contributed by atoms with Gasteiger partial charge in [-0.25, -0.2) is 24.0 Å². The summed E-state index contributed by atoms with van der Waals surface area (Å²) in [7, 11) is 0. The highest BCUT2D eigenvalue weighted by molar-refractivity contribution is 6.30. The lowest BCUT2D eigenvalue weighted by Gasteiger charge is -2.45. The second-order valence-corrected chi connectivity index (χ2v) is 34.7. The maximum absolute atomic E-state index is 13.6. The number of guanidine groups is 2. The van der Waals surface area contributed by atoms with Crippen LogP contribution in [0.4, 0.5) is 14.4 Å². The molecular formula is C80H128ClN15O20. The topological polar surface area (TPSA) is 552 Å². The van der Waals surface area contributed by atoms with E-state index >= 15 is 0 Å². The molecule has 1 aromatic rings. The summed E-state index contributed by atoms with van der Waals surface area (Å²) >= 11 is 5.98. The maximum atomic E-state index is 13.6. The van der Waals surface area contributed by atoms with Crippen molar-refractivity contribution >= 4 is 107 Å². The third kappa shape index (κ3) is 34.0. The third-order valence-electron chi connectivity index (χ3n) is 21.3. The summed E-state index contributed by atoms with van der Waals surface area (Å²) in [4.78, 5) is 185. The van der Waals surface area contributed by atoms with Crippen molar-refractivity contribution in [1.82, 2.24) is 41.3 Å². The molecule has 6 heterocycles. The first kappa shape index (κ1) is 97.2. The number of fused-ring (bicyclic) bond motifs is 3. The molecule has 8 amide bonds. The molecule has 13 atom stereocenters. The van der Waals surface area contributed by atoms with Crippen LogP contribution in [0.5, 0.6) is 0 Å². The highest BCUT2D eigenvalue weighted by Gasteiger charge is 2.49. The zero-order valence-electron chi connectivity index (χ0n) is 69.1. The molecule has 7 aliphatic rings. The molecule has 7 fully saturated rings. The number of alkyl carbamates (subject to hydrolysis) is 3. The lowest BCUT2D eigenvalue weighted by Crippen LogP contribution is -2.62. The van der Waals surface area contributed by atoms with Gasteiger partial charge in [-0.15, -0.1) is 0 Å². The maximum Gasteiger partial charge on any atom is 0.408 e. The number of halogens is 1. The minimum atomic E-state index is -0.981. The van der Waals surface area contributed by atoms with E-state index in [1.165, 1.54) is 16.7 Å². The number of carboxylic acids is 3. The van der Waals surface area contributed by atoms with E-state index in [-0.39, 0.29) is 123 Å². The van der Waals surface area contributed by atoms with Crippen LogP contribution >= 0.6 is 11.6 Å². The van der Waals surface area contributed by atoms with Crippen molar-refractivity contribution in [2.75, 3.05) is 26.2 Å². The van der Waals surface area contributed by atoms with Crippen LogP contribution in [0, 0.1) is 23.7 Å². The fourth-order valence-electron chi connectivity index (χ4n) is 16.1. The number of nitrogens with one attached hydrogen (secondary N) is 5. The Balaban J connectivity index is 0.000000310. The predicted octanol–water partition coefficient (Wildman–Crippen LogP) is 6.01. The Hall–Kier alpha value is -9.41. The molecule has 0 aromatic heterocycles. The summed E-state index contributed by atoms with van der Waals surface area (Å²) in [6.45, 7) is 18.0. The van der Waals surface area contributed by atoms with E-state index in [1.807, 2.05) is 25.7 Å². The van der Waals surface area contributed by atoms with Gasteiger partial charge in [0.15, 0.2) is 23.5 Å². The number of aliphatic imine (C=N–C) groups is 2. The molecule has 36 heteroatoms. The Labute approximate surface area is 684 Å². The van der Waals surface area contributed by atoms with Gasteiger partial charge in [0.2, 0.25) is 29.5 Å². The van der Waals surface area contributed by atoms with E-state index in [0.717, 1.165) is 82.6 Å². The number of aliphatic carboxylic acids is 3. The summed E-state index contributed by atoms with van der Waals surface area (Å²) in [5.74, 6) is -7.98. The number of hydrogen-bond donors (Lipinski definition) is 13. The lowest BCUT2D eigenvalue weighted by molar-refractivity contribution is -0.158. The average Bonchev–Trinajstić information content (AvgIpc) is 1.73. The molecule has 35 nitrogen and oxygen atoms in total. The van der Waals surface area contributed by atoms with E-state index < -0.39 is 119 Å². The van der Waals surface area contributed by atoms with E-state index in [1.54, 1.807) is 65.8 Å². The molecule has 1 unspecified atom stereocenters. The number of carboxylic acid groups (broad SMARTS) is 3. The van der Waals surface area contributed by atoms with Crippen LogP contribution in [0.25, 0.3) is 0 Å². The Morgan fingerprint density at radius 3 is 1.55 bits per heavy atom. The van der Waals surface area contributed by atoms with Gasteiger partial charge in [-0.2, -0.15) is 0 Å². The van der Waals surface area contributed by atoms with Gasteiger partial charge in [-0.05, 0) is 208 Å². The number of hydrogen-bond acceptors (Lipinski definition) is 20. The Morgan fingerprint density at radius 1 is 0.534 bits per heavy atom. The normalized spacial score (nSPS) is 22.9. The number of piperidine rings is 4. The summed E-state index contributed by atoms with van der Waals surface area (Å²) < 4.78 is 15.5. The van der Waals surface area contributed by atoms with Crippen LogP contribution in [-0.2, 0) is 73.4 Å². The van der Waals surface area contributed by atoms with E-state index in [9.17, 15) is 82.4 Å². The molecular weight excluding hydrogens is 1530 g/mol. The first-order valence-corrected chi connectivity index (χ1v) is 41.0.